The summed E-state index contributed by atoms with van der Waals surface area (Å²) in [6, 6.07) is 14.9. The molecule has 2 aromatic heterocycles. The highest BCUT2D eigenvalue weighted by Gasteiger charge is 2.21. The van der Waals surface area contributed by atoms with Crippen molar-refractivity contribution in [3.63, 3.8) is 0 Å². The smallest absolute Gasteiger partial charge is 0.262 e. The number of benzene rings is 2. The number of furan rings is 1. The van der Waals surface area contributed by atoms with Gasteiger partial charge in [-0.15, -0.1) is 0 Å². The number of para-hydroxylation sites is 1. The van der Waals surface area contributed by atoms with Crippen molar-refractivity contribution in [2.75, 3.05) is 5.32 Å². The molecular formula is C25H25N3O3S. The summed E-state index contributed by atoms with van der Waals surface area (Å²) in [6.45, 7) is 8.07. The number of carbonyl (C=O) groups is 1. The second kappa shape index (κ2) is 9.04. The Balaban J connectivity index is 1.65. The van der Waals surface area contributed by atoms with Gasteiger partial charge in [0.15, 0.2) is 5.16 Å². The van der Waals surface area contributed by atoms with Crippen molar-refractivity contribution < 1.29 is 9.21 Å². The number of nitrogens with zero attached hydrogens (tertiary/aromatic N) is 2. The molecule has 0 aliphatic rings. The van der Waals surface area contributed by atoms with Gasteiger partial charge in [0.1, 0.15) is 5.76 Å². The first-order valence-electron chi connectivity index (χ1n) is 10.4. The molecule has 2 heterocycles. The highest BCUT2D eigenvalue weighted by atomic mass is 32.2. The van der Waals surface area contributed by atoms with Crippen molar-refractivity contribution in [3.05, 3.63) is 87.6 Å². The van der Waals surface area contributed by atoms with E-state index in [1.807, 2.05) is 64.1 Å². The molecule has 0 radical (unpaired) electrons. The molecule has 164 valence electrons. The molecule has 2 aromatic carbocycles. The standard InChI is InChI=1S/C25H25N3O3S/c1-15-12-16(2)22(17(3)13-15)27-23(29)18(4)32-25-26-21-10-6-5-9-20(21)24(30)28(25)14-19-8-7-11-31-19/h5-13,18H,14H2,1-4H3,(H,27,29). The Kier molecular flexibility index (Phi) is 6.19. The van der Waals surface area contributed by atoms with E-state index in [0.29, 0.717) is 21.8 Å². The van der Waals surface area contributed by atoms with E-state index in [-0.39, 0.29) is 18.0 Å². The Hall–Kier alpha value is -3.32. The van der Waals surface area contributed by atoms with Gasteiger partial charge < -0.3 is 9.73 Å². The van der Waals surface area contributed by atoms with Crippen molar-refractivity contribution in [1.29, 1.82) is 0 Å². The van der Waals surface area contributed by atoms with E-state index in [4.69, 9.17) is 9.40 Å². The van der Waals surface area contributed by atoms with Gasteiger partial charge in [-0.25, -0.2) is 4.98 Å². The van der Waals surface area contributed by atoms with Crippen molar-refractivity contribution in [3.8, 4) is 0 Å². The quantitative estimate of drug-likeness (QED) is 0.329. The van der Waals surface area contributed by atoms with Crippen molar-refractivity contribution >= 4 is 34.3 Å². The van der Waals surface area contributed by atoms with Crippen LogP contribution in [-0.4, -0.2) is 20.7 Å². The van der Waals surface area contributed by atoms with Gasteiger partial charge in [0.25, 0.3) is 5.56 Å². The fourth-order valence-corrected chi connectivity index (χ4v) is 4.66. The Morgan fingerprint density at radius 2 is 1.84 bits per heavy atom. The number of aryl methyl sites for hydroxylation is 3. The minimum atomic E-state index is -0.467. The number of anilines is 1. The average molecular weight is 448 g/mol. The molecule has 4 rings (SSSR count). The normalized spacial score (nSPS) is 12.1. The summed E-state index contributed by atoms with van der Waals surface area (Å²) in [4.78, 5) is 30.9. The van der Waals surface area contributed by atoms with Crippen LogP contribution in [0.4, 0.5) is 5.69 Å². The van der Waals surface area contributed by atoms with Crippen molar-refractivity contribution in [2.45, 2.75) is 44.6 Å². The summed E-state index contributed by atoms with van der Waals surface area (Å²) < 4.78 is 7.02. The van der Waals surface area contributed by atoms with E-state index in [9.17, 15) is 9.59 Å². The molecule has 1 unspecified atom stereocenters. The topological polar surface area (TPSA) is 77.1 Å². The monoisotopic (exact) mass is 447 g/mol. The van der Waals surface area contributed by atoms with Gasteiger partial charge in [0, 0.05) is 5.69 Å². The summed E-state index contributed by atoms with van der Waals surface area (Å²) in [7, 11) is 0. The van der Waals surface area contributed by atoms with E-state index < -0.39 is 5.25 Å². The molecule has 7 heteroatoms. The first-order valence-corrected chi connectivity index (χ1v) is 11.3. The molecule has 32 heavy (non-hydrogen) atoms. The number of rotatable bonds is 6. The molecule has 0 bridgehead atoms. The molecule has 0 saturated heterocycles. The lowest BCUT2D eigenvalue weighted by molar-refractivity contribution is -0.115. The van der Waals surface area contributed by atoms with E-state index in [0.717, 1.165) is 22.4 Å². The van der Waals surface area contributed by atoms with Crippen LogP contribution in [0.5, 0.6) is 0 Å². The summed E-state index contributed by atoms with van der Waals surface area (Å²) >= 11 is 1.26. The van der Waals surface area contributed by atoms with Gasteiger partial charge >= 0.3 is 0 Å². The van der Waals surface area contributed by atoms with Crippen LogP contribution >= 0.6 is 11.8 Å². The molecule has 1 N–H and O–H groups in total. The van der Waals surface area contributed by atoms with Gasteiger partial charge in [0.05, 0.1) is 29.0 Å². The highest BCUT2D eigenvalue weighted by molar-refractivity contribution is 8.00. The lowest BCUT2D eigenvalue weighted by atomic mass is 10.1. The van der Waals surface area contributed by atoms with Crippen LogP contribution in [0.1, 0.15) is 29.4 Å². The van der Waals surface area contributed by atoms with Gasteiger partial charge in [-0.05, 0) is 63.1 Å². The van der Waals surface area contributed by atoms with Gasteiger partial charge in [-0.1, -0.05) is 41.6 Å². The zero-order valence-electron chi connectivity index (χ0n) is 18.5. The molecule has 0 fully saturated rings. The van der Waals surface area contributed by atoms with Crippen molar-refractivity contribution in [2.24, 2.45) is 0 Å². The zero-order chi connectivity index (χ0) is 22.8. The van der Waals surface area contributed by atoms with Crippen LogP contribution in [0, 0.1) is 20.8 Å². The van der Waals surface area contributed by atoms with Gasteiger partial charge in [-0.2, -0.15) is 0 Å². The Morgan fingerprint density at radius 3 is 2.53 bits per heavy atom. The molecule has 0 spiro atoms. The Labute approximate surface area is 190 Å². The number of hydrogen-bond acceptors (Lipinski definition) is 5. The number of thioether (sulfide) groups is 1. The lowest BCUT2D eigenvalue weighted by Gasteiger charge is -2.18. The molecule has 6 nitrogen and oxygen atoms in total. The number of nitrogens with one attached hydrogen (secondary N) is 1. The Morgan fingerprint density at radius 1 is 1.12 bits per heavy atom. The fourth-order valence-electron chi connectivity index (χ4n) is 3.75. The second-order valence-corrected chi connectivity index (χ2v) is 9.21. The summed E-state index contributed by atoms with van der Waals surface area (Å²) in [5, 5.41) is 3.59. The molecule has 0 aliphatic heterocycles. The maximum absolute atomic E-state index is 13.2. The number of amides is 1. The average Bonchev–Trinajstić information content (AvgIpc) is 3.26. The second-order valence-electron chi connectivity index (χ2n) is 7.91. The summed E-state index contributed by atoms with van der Waals surface area (Å²) in [6.07, 6.45) is 1.57. The molecule has 1 atom stereocenters. The highest BCUT2D eigenvalue weighted by Crippen LogP contribution is 2.27. The predicted octanol–water partition coefficient (Wildman–Crippen LogP) is 5.08. The first kappa shape index (κ1) is 21.9. The zero-order valence-corrected chi connectivity index (χ0v) is 19.3. The Bertz CT molecular complexity index is 1320. The van der Waals surface area contributed by atoms with Crippen LogP contribution in [-0.2, 0) is 11.3 Å². The summed E-state index contributed by atoms with van der Waals surface area (Å²) in [5.41, 5.74) is 4.47. The van der Waals surface area contributed by atoms with Gasteiger partial charge in [-0.3, -0.25) is 14.2 Å². The minimum absolute atomic E-state index is 0.142. The van der Waals surface area contributed by atoms with E-state index in [2.05, 4.69) is 5.32 Å². The largest absolute Gasteiger partial charge is 0.467 e. The molecular weight excluding hydrogens is 422 g/mol. The number of carbonyl (C=O) groups excluding carboxylic acids is 1. The number of fused-ring (bicyclic) bond motifs is 1. The third-order valence-electron chi connectivity index (χ3n) is 5.30. The maximum Gasteiger partial charge on any atom is 0.262 e. The van der Waals surface area contributed by atoms with E-state index >= 15 is 0 Å². The molecule has 0 aliphatic carbocycles. The molecule has 0 saturated carbocycles. The molecule has 4 aromatic rings. The van der Waals surface area contributed by atoms with Crippen molar-refractivity contribution in [1.82, 2.24) is 9.55 Å². The van der Waals surface area contributed by atoms with Crippen LogP contribution in [0.2, 0.25) is 0 Å². The number of aromatic nitrogens is 2. The summed E-state index contributed by atoms with van der Waals surface area (Å²) in [5.74, 6) is 0.506. The van der Waals surface area contributed by atoms with Gasteiger partial charge in [0.2, 0.25) is 5.91 Å². The lowest BCUT2D eigenvalue weighted by Crippen LogP contribution is -2.27. The van der Waals surface area contributed by atoms with Crippen LogP contribution in [0.15, 0.2) is 69.2 Å². The fraction of sp³-hybridized carbons (Fsp3) is 0.240. The van der Waals surface area contributed by atoms with Crippen LogP contribution in [0.25, 0.3) is 10.9 Å². The molecule has 1 amide bonds. The van der Waals surface area contributed by atoms with Crippen LogP contribution < -0.4 is 10.9 Å². The third kappa shape index (κ3) is 4.48. The predicted molar refractivity (Wildman–Crippen MR) is 128 cm³/mol. The first-order chi connectivity index (χ1) is 15.3. The van der Waals surface area contributed by atoms with E-state index in [1.165, 1.54) is 11.8 Å². The van der Waals surface area contributed by atoms with E-state index in [1.54, 1.807) is 23.0 Å². The van der Waals surface area contributed by atoms with Crippen LogP contribution in [0.3, 0.4) is 0 Å². The SMILES string of the molecule is Cc1cc(C)c(NC(=O)C(C)Sc2nc3ccccc3c(=O)n2Cc2ccco2)c(C)c1. The maximum atomic E-state index is 13.2. The third-order valence-corrected chi connectivity index (χ3v) is 6.39. The minimum Gasteiger partial charge on any atom is -0.467 e. The number of hydrogen-bond donors (Lipinski definition) is 1.